The number of nitrogens with two attached hydrogens (primary N) is 1. The lowest BCUT2D eigenvalue weighted by Gasteiger charge is -2.33. The fraction of sp³-hybridized carbons (Fsp3) is 0.533. The molecule has 0 spiro atoms. The molecule has 1 aromatic carbocycles. The van der Waals surface area contributed by atoms with Crippen LogP contribution in [0.5, 0.6) is 0 Å². The maximum Gasteiger partial charge on any atom is 0.238 e. The van der Waals surface area contributed by atoms with Crippen molar-refractivity contribution in [2.24, 2.45) is 5.92 Å². The van der Waals surface area contributed by atoms with E-state index >= 15 is 0 Å². The molecular weight excluding hydrogens is 254 g/mol. The number of aliphatic hydroxyl groups excluding tert-OH is 1. The zero-order valence-corrected chi connectivity index (χ0v) is 12.1. The van der Waals surface area contributed by atoms with Crippen molar-refractivity contribution < 1.29 is 9.90 Å². The van der Waals surface area contributed by atoms with E-state index in [1.54, 1.807) is 0 Å². The summed E-state index contributed by atoms with van der Waals surface area (Å²) < 4.78 is 0. The molecule has 0 radical (unpaired) electrons. The molecule has 0 aromatic heterocycles. The van der Waals surface area contributed by atoms with Gasteiger partial charge in [-0.25, -0.2) is 0 Å². The highest BCUT2D eigenvalue weighted by Crippen LogP contribution is 2.20. The molecule has 1 saturated heterocycles. The quantitative estimate of drug-likeness (QED) is 0.726. The van der Waals surface area contributed by atoms with Crippen LogP contribution < -0.4 is 11.1 Å². The number of aliphatic hydroxyl groups is 1. The number of carbonyl (C=O) groups excluding carboxylic acids is 1. The summed E-state index contributed by atoms with van der Waals surface area (Å²) in [5, 5.41) is 12.7. The van der Waals surface area contributed by atoms with Crippen molar-refractivity contribution in [1.29, 1.82) is 0 Å². The Balaban J connectivity index is 1.89. The number of hydrogen-bond donors (Lipinski definition) is 3. The Morgan fingerprint density at radius 1 is 1.55 bits per heavy atom. The van der Waals surface area contributed by atoms with Crippen LogP contribution in [0.2, 0.25) is 0 Å². The highest BCUT2D eigenvalue weighted by Gasteiger charge is 2.25. The molecule has 1 aliphatic heterocycles. The standard InChI is InChI=1S/C15H23N3O2/c1-10-3-4-13(12(16)7-10)17-15(20)9-18-6-5-11(2)14(19)8-18/h3-4,7,11,14,19H,5-6,8-9,16H2,1-2H3,(H,17,20). The number of piperidine rings is 1. The molecule has 5 nitrogen and oxygen atoms in total. The van der Waals surface area contributed by atoms with Crippen LogP contribution in [-0.2, 0) is 4.79 Å². The van der Waals surface area contributed by atoms with Crippen molar-refractivity contribution in [1.82, 2.24) is 4.90 Å². The number of benzene rings is 1. The summed E-state index contributed by atoms with van der Waals surface area (Å²) in [4.78, 5) is 14.0. The molecule has 2 unspecified atom stereocenters. The monoisotopic (exact) mass is 277 g/mol. The molecule has 0 bridgehead atoms. The lowest BCUT2D eigenvalue weighted by molar-refractivity contribution is -0.118. The van der Waals surface area contributed by atoms with Crippen LogP contribution in [0.15, 0.2) is 18.2 Å². The number of carbonyl (C=O) groups is 1. The van der Waals surface area contributed by atoms with E-state index in [4.69, 9.17) is 5.73 Å². The average molecular weight is 277 g/mol. The molecule has 2 atom stereocenters. The van der Waals surface area contributed by atoms with Gasteiger partial charge in [-0.1, -0.05) is 13.0 Å². The summed E-state index contributed by atoms with van der Waals surface area (Å²) >= 11 is 0. The predicted molar refractivity (Wildman–Crippen MR) is 80.4 cm³/mol. The normalized spacial score (nSPS) is 23.6. The molecule has 0 saturated carbocycles. The number of hydrogen-bond acceptors (Lipinski definition) is 4. The molecule has 2 rings (SSSR count). The molecular formula is C15H23N3O2. The fourth-order valence-electron chi connectivity index (χ4n) is 2.45. The Kier molecular flexibility index (Phi) is 4.62. The third kappa shape index (κ3) is 3.71. The maximum atomic E-state index is 12.0. The van der Waals surface area contributed by atoms with E-state index in [9.17, 15) is 9.90 Å². The highest BCUT2D eigenvalue weighted by molar-refractivity contribution is 5.95. The zero-order chi connectivity index (χ0) is 14.7. The molecule has 1 aliphatic rings. The second-order valence-corrected chi connectivity index (χ2v) is 5.71. The molecule has 1 heterocycles. The molecule has 1 amide bonds. The van der Waals surface area contributed by atoms with E-state index in [1.807, 2.05) is 36.9 Å². The minimum absolute atomic E-state index is 0.0951. The summed E-state index contributed by atoms with van der Waals surface area (Å²) in [5.41, 5.74) is 8.16. The second kappa shape index (κ2) is 6.24. The van der Waals surface area contributed by atoms with Gasteiger partial charge in [0, 0.05) is 6.54 Å². The number of anilines is 2. The number of rotatable bonds is 3. The van der Waals surface area contributed by atoms with Crippen molar-refractivity contribution in [3.8, 4) is 0 Å². The predicted octanol–water partition coefficient (Wildman–Crippen LogP) is 1.22. The van der Waals surface area contributed by atoms with E-state index < -0.39 is 0 Å². The molecule has 4 N–H and O–H groups in total. The van der Waals surface area contributed by atoms with Gasteiger partial charge in [-0.3, -0.25) is 9.69 Å². The van der Waals surface area contributed by atoms with Crippen molar-refractivity contribution in [3.05, 3.63) is 23.8 Å². The van der Waals surface area contributed by atoms with Gasteiger partial charge in [0.2, 0.25) is 5.91 Å². The van der Waals surface area contributed by atoms with Crippen molar-refractivity contribution in [2.75, 3.05) is 30.7 Å². The first kappa shape index (κ1) is 14.8. The van der Waals surface area contributed by atoms with Gasteiger partial charge in [-0.15, -0.1) is 0 Å². The van der Waals surface area contributed by atoms with Crippen molar-refractivity contribution in [3.63, 3.8) is 0 Å². The Morgan fingerprint density at radius 3 is 2.95 bits per heavy atom. The number of likely N-dealkylation sites (tertiary alicyclic amines) is 1. The van der Waals surface area contributed by atoms with E-state index in [2.05, 4.69) is 5.32 Å². The van der Waals surface area contributed by atoms with Crippen LogP contribution in [0.1, 0.15) is 18.9 Å². The van der Waals surface area contributed by atoms with Crippen LogP contribution in [0.25, 0.3) is 0 Å². The largest absolute Gasteiger partial charge is 0.397 e. The Morgan fingerprint density at radius 2 is 2.30 bits per heavy atom. The van der Waals surface area contributed by atoms with Crippen LogP contribution in [-0.4, -0.2) is 41.7 Å². The first-order valence-electron chi connectivity index (χ1n) is 7.02. The summed E-state index contributed by atoms with van der Waals surface area (Å²) in [7, 11) is 0. The molecule has 20 heavy (non-hydrogen) atoms. The topological polar surface area (TPSA) is 78.6 Å². The Bertz CT molecular complexity index is 490. The minimum Gasteiger partial charge on any atom is -0.397 e. The minimum atomic E-state index is -0.346. The fourth-order valence-corrected chi connectivity index (χ4v) is 2.45. The van der Waals surface area contributed by atoms with Gasteiger partial charge in [0.05, 0.1) is 24.0 Å². The van der Waals surface area contributed by atoms with Crippen molar-refractivity contribution in [2.45, 2.75) is 26.4 Å². The van der Waals surface area contributed by atoms with Crippen LogP contribution in [0.3, 0.4) is 0 Å². The summed E-state index contributed by atoms with van der Waals surface area (Å²) in [6, 6.07) is 5.57. The second-order valence-electron chi connectivity index (χ2n) is 5.71. The molecule has 5 heteroatoms. The number of nitrogen functional groups attached to an aromatic ring is 1. The number of β-amino-alcohol motifs (C(OH)–C–C–N with tert-alkyl or cyclic N) is 1. The van der Waals surface area contributed by atoms with Gasteiger partial charge < -0.3 is 16.2 Å². The summed E-state index contributed by atoms with van der Waals surface area (Å²) in [6.07, 6.45) is 0.571. The first-order chi connectivity index (χ1) is 9.45. The van der Waals surface area contributed by atoms with Crippen molar-refractivity contribution >= 4 is 17.3 Å². The lowest BCUT2D eigenvalue weighted by atomic mass is 9.96. The lowest BCUT2D eigenvalue weighted by Crippen LogP contribution is -2.45. The zero-order valence-electron chi connectivity index (χ0n) is 12.1. The molecule has 1 fully saturated rings. The number of amides is 1. The van der Waals surface area contributed by atoms with Gasteiger partial charge >= 0.3 is 0 Å². The van der Waals surface area contributed by atoms with E-state index in [1.165, 1.54) is 0 Å². The number of nitrogens with one attached hydrogen (secondary N) is 1. The summed E-state index contributed by atoms with van der Waals surface area (Å²) in [5.74, 6) is 0.212. The average Bonchev–Trinajstić information content (AvgIpc) is 2.37. The van der Waals surface area contributed by atoms with Crippen LogP contribution in [0.4, 0.5) is 11.4 Å². The summed E-state index contributed by atoms with van der Waals surface area (Å²) in [6.45, 7) is 5.68. The highest BCUT2D eigenvalue weighted by atomic mass is 16.3. The van der Waals surface area contributed by atoms with Gasteiger partial charge in [0.1, 0.15) is 0 Å². The van der Waals surface area contributed by atoms with E-state index in [0.717, 1.165) is 18.5 Å². The molecule has 110 valence electrons. The Hall–Kier alpha value is -1.59. The third-order valence-electron chi connectivity index (χ3n) is 3.85. The van der Waals surface area contributed by atoms with Gasteiger partial charge in [0.15, 0.2) is 0 Å². The maximum absolute atomic E-state index is 12.0. The first-order valence-corrected chi connectivity index (χ1v) is 7.02. The Labute approximate surface area is 119 Å². The SMILES string of the molecule is Cc1ccc(NC(=O)CN2CCC(C)C(O)C2)c(N)c1. The van der Waals surface area contributed by atoms with Gasteiger partial charge in [0.25, 0.3) is 0 Å². The number of nitrogens with zero attached hydrogens (tertiary/aromatic N) is 1. The van der Waals surface area contributed by atoms with Crippen LogP contribution in [0, 0.1) is 12.8 Å². The molecule has 0 aliphatic carbocycles. The third-order valence-corrected chi connectivity index (χ3v) is 3.85. The number of aryl methyl sites for hydroxylation is 1. The van der Waals surface area contributed by atoms with Gasteiger partial charge in [-0.2, -0.15) is 0 Å². The van der Waals surface area contributed by atoms with E-state index in [-0.39, 0.29) is 18.6 Å². The molecule has 1 aromatic rings. The van der Waals surface area contributed by atoms with Crippen LogP contribution >= 0.6 is 0 Å². The smallest absolute Gasteiger partial charge is 0.238 e. The van der Waals surface area contributed by atoms with E-state index in [0.29, 0.717) is 23.8 Å². The van der Waals surface area contributed by atoms with Gasteiger partial charge in [-0.05, 0) is 43.5 Å².